The molecule has 2 unspecified atom stereocenters. The number of hydrogen-bond acceptors (Lipinski definition) is 5. The summed E-state index contributed by atoms with van der Waals surface area (Å²) in [5.74, 6) is -0.997. The van der Waals surface area contributed by atoms with Gasteiger partial charge in [-0.3, -0.25) is 4.79 Å². The SMILES string of the molecule is O=C1c2ccccc2NC(c2ccc(OC(F)F)cc2OC(F)F)N1CC1CCCO1. The van der Waals surface area contributed by atoms with Gasteiger partial charge < -0.3 is 24.4 Å². The minimum atomic E-state index is -3.20. The highest BCUT2D eigenvalue weighted by molar-refractivity contribution is 6.01. The van der Waals surface area contributed by atoms with E-state index in [1.54, 1.807) is 24.3 Å². The van der Waals surface area contributed by atoms with Crippen LogP contribution in [-0.4, -0.2) is 43.3 Å². The highest BCUT2D eigenvalue weighted by Crippen LogP contribution is 2.39. The maximum absolute atomic E-state index is 13.3. The fraction of sp³-hybridized carbons (Fsp3) is 0.381. The zero-order valence-electron chi connectivity index (χ0n) is 16.3. The first-order valence-electron chi connectivity index (χ1n) is 9.74. The van der Waals surface area contributed by atoms with Crippen LogP contribution in [0.3, 0.4) is 0 Å². The fourth-order valence-corrected chi connectivity index (χ4v) is 3.85. The van der Waals surface area contributed by atoms with Gasteiger partial charge in [0.2, 0.25) is 0 Å². The molecule has 4 rings (SSSR count). The number of alkyl halides is 4. The number of para-hydroxylation sites is 1. The summed E-state index contributed by atoms with van der Waals surface area (Å²) in [5.41, 5.74) is 1.14. The molecule has 2 aliphatic rings. The highest BCUT2D eigenvalue weighted by atomic mass is 19.3. The van der Waals surface area contributed by atoms with E-state index in [4.69, 9.17) is 4.74 Å². The molecule has 166 valence electrons. The second-order valence-electron chi connectivity index (χ2n) is 7.14. The molecule has 0 saturated carbocycles. The lowest BCUT2D eigenvalue weighted by Gasteiger charge is -2.39. The quantitative estimate of drug-likeness (QED) is 0.636. The molecular weight excluding hydrogens is 420 g/mol. The predicted molar refractivity (Wildman–Crippen MR) is 103 cm³/mol. The maximum Gasteiger partial charge on any atom is 0.387 e. The van der Waals surface area contributed by atoms with Crippen LogP contribution in [-0.2, 0) is 4.74 Å². The molecule has 1 N–H and O–H groups in total. The van der Waals surface area contributed by atoms with Crippen LogP contribution in [0.1, 0.15) is 34.9 Å². The van der Waals surface area contributed by atoms with Crippen molar-refractivity contribution in [3.8, 4) is 11.5 Å². The standard InChI is InChI=1S/C21H20F4N2O4/c22-20(23)30-12-7-8-15(17(10-12)31-21(24)25)18-26-16-6-2-1-5-14(16)19(28)27(18)11-13-4-3-9-29-13/h1-2,5-8,10,13,18,20-21,26H,3-4,9,11H2. The van der Waals surface area contributed by atoms with Gasteiger partial charge in [0.25, 0.3) is 5.91 Å². The monoisotopic (exact) mass is 440 g/mol. The Morgan fingerprint density at radius 2 is 1.87 bits per heavy atom. The van der Waals surface area contributed by atoms with Gasteiger partial charge in [-0.15, -0.1) is 0 Å². The molecule has 0 spiro atoms. The van der Waals surface area contributed by atoms with Gasteiger partial charge in [-0.25, -0.2) is 0 Å². The van der Waals surface area contributed by atoms with Crippen LogP contribution < -0.4 is 14.8 Å². The number of ether oxygens (including phenoxy) is 3. The van der Waals surface area contributed by atoms with Gasteiger partial charge in [0.05, 0.1) is 11.7 Å². The number of amides is 1. The second kappa shape index (κ2) is 9.01. The van der Waals surface area contributed by atoms with Crippen molar-refractivity contribution in [3.05, 3.63) is 53.6 Å². The average molecular weight is 440 g/mol. The molecule has 6 nitrogen and oxygen atoms in total. The van der Waals surface area contributed by atoms with Gasteiger partial charge in [-0.1, -0.05) is 12.1 Å². The number of benzene rings is 2. The summed E-state index contributed by atoms with van der Waals surface area (Å²) in [6.45, 7) is -5.50. The van der Waals surface area contributed by atoms with Crippen LogP contribution in [0.5, 0.6) is 11.5 Å². The smallest absolute Gasteiger partial charge is 0.387 e. The van der Waals surface area contributed by atoms with Crippen molar-refractivity contribution in [1.29, 1.82) is 0 Å². The number of hydrogen-bond donors (Lipinski definition) is 1. The van der Waals surface area contributed by atoms with Crippen molar-refractivity contribution in [2.24, 2.45) is 0 Å². The number of fused-ring (bicyclic) bond motifs is 1. The Kier molecular flexibility index (Phi) is 6.17. The van der Waals surface area contributed by atoms with E-state index < -0.39 is 19.4 Å². The summed E-state index contributed by atoms with van der Waals surface area (Å²) in [6, 6.07) is 10.3. The minimum Gasteiger partial charge on any atom is -0.435 e. The molecule has 0 radical (unpaired) electrons. The second-order valence-corrected chi connectivity index (χ2v) is 7.14. The number of halogens is 4. The predicted octanol–water partition coefficient (Wildman–Crippen LogP) is 4.63. The van der Waals surface area contributed by atoms with E-state index in [9.17, 15) is 22.4 Å². The van der Waals surface area contributed by atoms with Crippen LogP contribution in [0.2, 0.25) is 0 Å². The Morgan fingerprint density at radius 1 is 1.10 bits per heavy atom. The molecule has 1 fully saturated rings. The Labute approximate surface area is 175 Å². The normalized spacial score (nSPS) is 20.7. The van der Waals surface area contributed by atoms with Crippen molar-refractivity contribution in [2.45, 2.75) is 38.3 Å². The van der Waals surface area contributed by atoms with Gasteiger partial charge in [0.15, 0.2) is 0 Å². The first-order valence-corrected chi connectivity index (χ1v) is 9.74. The molecule has 0 bridgehead atoms. The maximum atomic E-state index is 13.3. The van der Waals surface area contributed by atoms with E-state index >= 15 is 0 Å². The topological polar surface area (TPSA) is 60.0 Å². The minimum absolute atomic E-state index is 0.183. The lowest BCUT2D eigenvalue weighted by molar-refractivity contribution is -0.0550. The summed E-state index contributed by atoms with van der Waals surface area (Å²) in [4.78, 5) is 14.7. The first kappa shape index (κ1) is 21.2. The van der Waals surface area contributed by atoms with Gasteiger partial charge in [-0.05, 0) is 37.1 Å². The van der Waals surface area contributed by atoms with E-state index in [2.05, 4.69) is 14.8 Å². The summed E-state index contributed by atoms with van der Waals surface area (Å²) in [6.07, 6.45) is 0.556. The third kappa shape index (κ3) is 4.68. The van der Waals surface area contributed by atoms with E-state index in [-0.39, 0.29) is 35.6 Å². The molecule has 1 saturated heterocycles. The number of carbonyl (C=O) groups excluding carboxylic acids is 1. The molecule has 2 heterocycles. The lowest BCUT2D eigenvalue weighted by Crippen LogP contribution is -2.46. The molecule has 10 heteroatoms. The molecule has 2 aromatic carbocycles. The Hall–Kier alpha value is -3.01. The summed E-state index contributed by atoms with van der Waals surface area (Å²) in [5, 5.41) is 3.18. The van der Waals surface area contributed by atoms with Gasteiger partial charge in [0.1, 0.15) is 17.7 Å². The Balaban J connectivity index is 1.74. The van der Waals surface area contributed by atoms with Gasteiger partial charge >= 0.3 is 13.2 Å². The largest absolute Gasteiger partial charge is 0.435 e. The molecule has 2 atom stereocenters. The first-order chi connectivity index (χ1) is 14.9. The number of anilines is 1. The lowest BCUT2D eigenvalue weighted by atomic mass is 10.0. The van der Waals surface area contributed by atoms with Gasteiger partial charge in [-0.2, -0.15) is 17.6 Å². The van der Waals surface area contributed by atoms with Crippen LogP contribution >= 0.6 is 0 Å². The van der Waals surface area contributed by atoms with Crippen LogP contribution in [0, 0.1) is 0 Å². The average Bonchev–Trinajstić information content (AvgIpc) is 3.23. The zero-order valence-corrected chi connectivity index (χ0v) is 16.3. The van der Waals surface area contributed by atoms with E-state index in [0.29, 0.717) is 17.9 Å². The molecular formula is C21H20F4N2O4. The number of nitrogens with one attached hydrogen (secondary N) is 1. The van der Waals surface area contributed by atoms with Gasteiger partial charge in [0, 0.05) is 30.5 Å². The Morgan fingerprint density at radius 3 is 2.58 bits per heavy atom. The van der Waals surface area contributed by atoms with Crippen LogP contribution in [0.25, 0.3) is 0 Å². The summed E-state index contributed by atoms with van der Waals surface area (Å²) in [7, 11) is 0. The summed E-state index contributed by atoms with van der Waals surface area (Å²) >= 11 is 0. The summed E-state index contributed by atoms with van der Waals surface area (Å²) < 4.78 is 65.9. The molecule has 0 aliphatic carbocycles. The highest BCUT2D eigenvalue weighted by Gasteiger charge is 2.37. The number of rotatable bonds is 7. The Bertz CT molecular complexity index is 937. The van der Waals surface area contributed by atoms with E-state index in [1.165, 1.54) is 17.0 Å². The van der Waals surface area contributed by atoms with E-state index in [1.807, 2.05) is 0 Å². The van der Waals surface area contributed by atoms with Crippen molar-refractivity contribution >= 4 is 11.6 Å². The molecule has 1 amide bonds. The van der Waals surface area contributed by atoms with Crippen molar-refractivity contribution in [3.63, 3.8) is 0 Å². The third-order valence-electron chi connectivity index (χ3n) is 5.17. The van der Waals surface area contributed by atoms with Crippen molar-refractivity contribution < 1.29 is 36.6 Å². The molecule has 2 aliphatic heterocycles. The van der Waals surface area contributed by atoms with Crippen LogP contribution in [0.15, 0.2) is 42.5 Å². The van der Waals surface area contributed by atoms with Crippen LogP contribution in [0.4, 0.5) is 23.2 Å². The number of nitrogens with zero attached hydrogens (tertiary/aromatic N) is 1. The molecule has 31 heavy (non-hydrogen) atoms. The number of carbonyl (C=O) groups is 1. The van der Waals surface area contributed by atoms with Crippen molar-refractivity contribution in [1.82, 2.24) is 4.90 Å². The van der Waals surface area contributed by atoms with Crippen molar-refractivity contribution in [2.75, 3.05) is 18.5 Å². The fourth-order valence-electron chi connectivity index (χ4n) is 3.85. The zero-order chi connectivity index (χ0) is 22.0. The third-order valence-corrected chi connectivity index (χ3v) is 5.17. The molecule has 2 aromatic rings. The molecule has 0 aromatic heterocycles. The van der Waals surface area contributed by atoms with E-state index in [0.717, 1.165) is 18.9 Å².